The molecule has 0 radical (unpaired) electrons. The number of hydrogen-bond acceptors (Lipinski definition) is 4. The summed E-state index contributed by atoms with van der Waals surface area (Å²) in [4.78, 5) is 16.3. The van der Waals surface area contributed by atoms with Crippen LogP contribution in [0.4, 0.5) is 0 Å². The fourth-order valence-electron chi connectivity index (χ4n) is 2.27. The summed E-state index contributed by atoms with van der Waals surface area (Å²) < 4.78 is 11.1. The Kier molecular flexibility index (Phi) is 7.21. The van der Waals surface area contributed by atoms with E-state index in [1.807, 2.05) is 43.3 Å². The maximum absolute atomic E-state index is 12.0. The third kappa shape index (κ3) is 6.24. The molecule has 0 unspecified atom stereocenters. The van der Waals surface area contributed by atoms with E-state index in [4.69, 9.17) is 9.47 Å². The van der Waals surface area contributed by atoms with Crippen LogP contribution in [0.1, 0.15) is 30.8 Å². The summed E-state index contributed by atoms with van der Waals surface area (Å²) in [7, 11) is 1.60. The molecule has 2 aromatic rings. The van der Waals surface area contributed by atoms with Crippen LogP contribution >= 0.6 is 0 Å². The van der Waals surface area contributed by atoms with Crippen molar-refractivity contribution >= 4 is 12.0 Å². The number of methoxy groups -OCH3 is 1. The number of nitrogens with zero attached hydrogens (tertiary/aromatic N) is 1. The van der Waals surface area contributed by atoms with Gasteiger partial charge < -0.3 is 14.8 Å². The van der Waals surface area contributed by atoms with Crippen molar-refractivity contribution in [1.29, 1.82) is 0 Å². The molecule has 0 saturated heterocycles. The Morgan fingerprint density at radius 1 is 1.23 bits per heavy atom. The van der Waals surface area contributed by atoms with Gasteiger partial charge in [-0.2, -0.15) is 0 Å². The van der Waals surface area contributed by atoms with Gasteiger partial charge in [0.1, 0.15) is 0 Å². The third-order valence-corrected chi connectivity index (χ3v) is 3.58. The molecule has 5 heteroatoms. The van der Waals surface area contributed by atoms with Gasteiger partial charge in [0.05, 0.1) is 26.0 Å². The second-order valence-electron chi connectivity index (χ2n) is 6.44. The maximum atomic E-state index is 12.0. The quantitative estimate of drug-likeness (QED) is 0.733. The highest BCUT2D eigenvalue weighted by molar-refractivity contribution is 5.91. The topological polar surface area (TPSA) is 60.5 Å². The van der Waals surface area contributed by atoms with Gasteiger partial charge in [0.2, 0.25) is 5.91 Å². The summed E-state index contributed by atoms with van der Waals surface area (Å²) in [6.07, 6.45) is 3.24. The van der Waals surface area contributed by atoms with Crippen molar-refractivity contribution in [1.82, 2.24) is 10.3 Å². The van der Waals surface area contributed by atoms with Crippen molar-refractivity contribution in [3.8, 4) is 11.5 Å². The molecular formula is C21H26N2O3. The Bertz CT molecular complexity index is 770. The Labute approximate surface area is 155 Å². The first-order valence-corrected chi connectivity index (χ1v) is 8.67. The van der Waals surface area contributed by atoms with Crippen molar-refractivity contribution < 1.29 is 14.3 Å². The normalized spacial score (nSPS) is 11.0. The first-order chi connectivity index (χ1) is 12.5. The minimum absolute atomic E-state index is 0.174. The number of pyridine rings is 1. The lowest BCUT2D eigenvalue weighted by molar-refractivity contribution is -0.116. The lowest BCUT2D eigenvalue weighted by Gasteiger charge is -2.12. The molecule has 1 aromatic carbocycles. The Morgan fingerprint density at radius 2 is 2.04 bits per heavy atom. The molecule has 0 aliphatic heterocycles. The molecular weight excluding hydrogens is 328 g/mol. The number of benzene rings is 1. The van der Waals surface area contributed by atoms with E-state index < -0.39 is 0 Å². The van der Waals surface area contributed by atoms with Gasteiger partial charge in [-0.1, -0.05) is 26.0 Å². The van der Waals surface area contributed by atoms with E-state index in [1.165, 1.54) is 6.08 Å². The Balaban J connectivity index is 1.95. The summed E-state index contributed by atoms with van der Waals surface area (Å²) in [6.45, 7) is 7.13. The van der Waals surface area contributed by atoms with Gasteiger partial charge in [-0.05, 0) is 48.7 Å². The molecule has 2 rings (SSSR count). The number of aryl methyl sites for hydroxylation is 1. The summed E-state index contributed by atoms with van der Waals surface area (Å²) in [5, 5.41) is 2.82. The van der Waals surface area contributed by atoms with Gasteiger partial charge in [0.15, 0.2) is 11.5 Å². The van der Waals surface area contributed by atoms with Crippen LogP contribution in [0.25, 0.3) is 6.08 Å². The zero-order valence-electron chi connectivity index (χ0n) is 15.8. The van der Waals surface area contributed by atoms with Crippen LogP contribution < -0.4 is 14.8 Å². The third-order valence-electron chi connectivity index (χ3n) is 3.58. The number of hydrogen-bond donors (Lipinski definition) is 1. The van der Waals surface area contributed by atoms with Crippen molar-refractivity contribution in [3.63, 3.8) is 0 Å². The van der Waals surface area contributed by atoms with Crippen LogP contribution in [-0.4, -0.2) is 24.6 Å². The van der Waals surface area contributed by atoms with Gasteiger partial charge >= 0.3 is 0 Å². The van der Waals surface area contributed by atoms with Crippen LogP contribution in [0.2, 0.25) is 0 Å². The minimum atomic E-state index is -0.174. The lowest BCUT2D eigenvalue weighted by Crippen LogP contribution is -2.20. The van der Waals surface area contributed by atoms with Crippen molar-refractivity contribution in [3.05, 3.63) is 59.4 Å². The smallest absolute Gasteiger partial charge is 0.244 e. The fourth-order valence-corrected chi connectivity index (χ4v) is 2.27. The van der Waals surface area contributed by atoms with E-state index in [-0.39, 0.29) is 5.91 Å². The van der Waals surface area contributed by atoms with E-state index in [0.717, 1.165) is 17.0 Å². The molecule has 5 nitrogen and oxygen atoms in total. The maximum Gasteiger partial charge on any atom is 0.244 e. The Morgan fingerprint density at radius 3 is 2.73 bits per heavy atom. The highest BCUT2D eigenvalue weighted by Gasteiger charge is 2.06. The van der Waals surface area contributed by atoms with Crippen LogP contribution in [0.15, 0.2) is 42.5 Å². The van der Waals surface area contributed by atoms with E-state index in [2.05, 4.69) is 24.1 Å². The molecule has 1 N–H and O–H groups in total. The van der Waals surface area contributed by atoms with E-state index in [9.17, 15) is 4.79 Å². The average molecular weight is 354 g/mol. The fraction of sp³-hybridized carbons (Fsp3) is 0.333. The van der Waals surface area contributed by atoms with E-state index >= 15 is 0 Å². The van der Waals surface area contributed by atoms with Gasteiger partial charge in [-0.15, -0.1) is 0 Å². The summed E-state index contributed by atoms with van der Waals surface area (Å²) >= 11 is 0. The number of aromatic nitrogens is 1. The first kappa shape index (κ1) is 19.5. The molecule has 0 spiro atoms. The van der Waals surface area contributed by atoms with Crippen LogP contribution in [-0.2, 0) is 11.3 Å². The van der Waals surface area contributed by atoms with Crippen molar-refractivity contribution in [2.75, 3.05) is 13.7 Å². The molecule has 1 aromatic heterocycles. The zero-order valence-corrected chi connectivity index (χ0v) is 15.8. The highest BCUT2D eigenvalue weighted by atomic mass is 16.5. The average Bonchev–Trinajstić information content (AvgIpc) is 2.63. The van der Waals surface area contributed by atoms with Gasteiger partial charge in [-0.3, -0.25) is 9.78 Å². The molecule has 138 valence electrons. The molecule has 0 saturated carbocycles. The summed E-state index contributed by atoms with van der Waals surface area (Å²) in [5.74, 6) is 1.61. The Hall–Kier alpha value is -2.82. The van der Waals surface area contributed by atoms with E-state index in [0.29, 0.717) is 30.6 Å². The van der Waals surface area contributed by atoms with Gasteiger partial charge in [0.25, 0.3) is 0 Å². The number of rotatable bonds is 8. The SMILES string of the molecule is COc1cc(/C=C/C(=O)NCc2cccc(C)n2)ccc1OCC(C)C. The number of ether oxygens (including phenoxy) is 2. The highest BCUT2D eigenvalue weighted by Crippen LogP contribution is 2.28. The minimum Gasteiger partial charge on any atom is -0.493 e. The monoisotopic (exact) mass is 354 g/mol. The standard InChI is InChI=1S/C21H26N2O3/c1-15(2)14-26-19-10-8-17(12-20(19)25-4)9-11-21(24)22-13-18-7-5-6-16(3)23-18/h5-12,15H,13-14H2,1-4H3,(H,22,24)/b11-9+. The molecule has 26 heavy (non-hydrogen) atoms. The lowest BCUT2D eigenvalue weighted by atomic mass is 10.2. The second-order valence-corrected chi connectivity index (χ2v) is 6.44. The van der Waals surface area contributed by atoms with Crippen LogP contribution in [0, 0.1) is 12.8 Å². The van der Waals surface area contributed by atoms with E-state index in [1.54, 1.807) is 13.2 Å². The number of amides is 1. The molecule has 0 fully saturated rings. The number of carbonyl (C=O) groups is 1. The second kappa shape index (κ2) is 9.61. The number of nitrogens with one attached hydrogen (secondary N) is 1. The molecule has 1 heterocycles. The number of carbonyl (C=O) groups excluding carboxylic acids is 1. The summed E-state index contributed by atoms with van der Waals surface area (Å²) in [6, 6.07) is 11.3. The van der Waals surface area contributed by atoms with Crippen molar-refractivity contribution in [2.45, 2.75) is 27.3 Å². The molecule has 0 aliphatic carbocycles. The van der Waals surface area contributed by atoms with Crippen molar-refractivity contribution in [2.24, 2.45) is 5.92 Å². The molecule has 0 atom stereocenters. The van der Waals surface area contributed by atoms with Crippen LogP contribution in [0.3, 0.4) is 0 Å². The zero-order chi connectivity index (χ0) is 18.9. The molecule has 0 aliphatic rings. The largest absolute Gasteiger partial charge is 0.493 e. The van der Waals surface area contributed by atoms with Gasteiger partial charge in [0, 0.05) is 11.8 Å². The predicted octanol–water partition coefficient (Wildman–Crippen LogP) is 3.76. The molecule has 1 amide bonds. The molecule has 0 bridgehead atoms. The van der Waals surface area contributed by atoms with Crippen LogP contribution in [0.5, 0.6) is 11.5 Å². The first-order valence-electron chi connectivity index (χ1n) is 8.67. The van der Waals surface area contributed by atoms with Gasteiger partial charge in [-0.25, -0.2) is 0 Å². The predicted molar refractivity (Wildman–Crippen MR) is 103 cm³/mol. The summed E-state index contributed by atoms with van der Waals surface area (Å²) in [5.41, 5.74) is 2.63.